The molecule has 3 aromatic carbocycles. The van der Waals surface area contributed by atoms with Gasteiger partial charge in [-0.05, 0) is 59.7 Å². The number of hydrogen-bond acceptors (Lipinski definition) is 1. The molecule has 0 aliphatic heterocycles. The number of carbonyl (C=O) groups is 1. The molecule has 0 radical (unpaired) electrons. The van der Waals surface area contributed by atoms with E-state index in [1.54, 1.807) is 0 Å². The summed E-state index contributed by atoms with van der Waals surface area (Å²) in [7, 11) is 0. The Kier molecular flexibility index (Phi) is 5.20. The van der Waals surface area contributed by atoms with Gasteiger partial charge in [0.1, 0.15) is 0 Å². The molecule has 4 heteroatoms. The van der Waals surface area contributed by atoms with Crippen molar-refractivity contribution in [3.63, 3.8) is 0 Å². The molecule has 0 saturated heterocycles. The van der Waals surface area contributed by atoms with E-state index in [2.05, 4.69) is 23.5 Å². The summed E-state index contributed by atoms with van der Waals surface area (Å²) in [5, 5.41) is 4.35. The van der Waals surface area contributed by atoms with E-state index in [1.165, 1.54) is 11.1 Å². The Labute approximate surface area is 169 Å². The normalized spacial score (nSPS) is 18.1. The van der Waals surface area contributed by atoms with Gasteiger partial charge >= 0.3 is 0 Å². The summed E-state index contributed by atoms with van der Waals surface area (Å²) in [4.78, 5) is 12.6. The molecule has 0 heterocycles. The van der Waals surface area contributed by atoms with Crippen LogP contribution in [0.25, 0.3) is 0 Å². The number of halogens is 2. The summed E-state index contributed by atoms with van der Waals surface area (Å²) < 4.78 is 0. The topological polar surface area (TPSA) is 29.1 Å². The molecule has 0 aromatic heterocycles. The molecule has 0 bridgehead atoms. The summed E-state index contributed by atoms with van der Waals surface area (Å²) in [5.41, 5.74) is 4.33. The van der Waals surface area contributed by atoms with Crippen molar-refractivity contribution in [2.75, 3.05) is 0 Å². The van der Waals surface area contributed by atoms with Crippen LogP contribution in [0.4, 0.5) is 0 Å². The first kappa shape index (κ1) is 18.1. The van der Waals surface area contributed by atoms with Crippen molar-refractivity contribution in [2.45, 2.75) is 24.8 Å². The Balaban J connectivity index is 1.55. The number of rotatable bonds is 4. The molecule has 2 nitrogen and oxygen atoms in total. The molecule has 4 rings (SSSR count). The quantitative estimate of drug-likeness (QED) is 0.559. The van der Waals surface area contributed by atoms with Crippen LogP contribution in [-0.4, -0.2) is 5.91 Å². The Hall–Kier alpha value is -2.29. The van der Waals surface area contributed by atoms with Gasteiger partial charge < -0.3 is 5.32 Å². The first-order valence-corrected chi connectivity index (χ1v) is 9.76. The standard InChI is InChI=1S/C23H19Cl2NO/c24-20-11-10-15(13-21(20)25)12-17-14-22(19-9-5-4-8-18(17)19)26-23(27)16-6-2-1-3-7-16/h1-11,13,17,22H,12,14H2,(H,26,27)/t17-,22+/m1/s1. The Bertz CT molecular complexity index is 971. The van der Waals surface area contributed by atoms with E-state index in [0.717, 1.165) is 18.4 Å². The van der Waals surface area contributed by atoms with E-state index in [9.17, 15) is 4.79 Å². The average molecular weight is 396 g/mol. The number of benzene rings is 3. The molecular formula is C23H19Cl2NO. The molecule has 2 atom stereocenters. The predicted octanol–water partition coefficient (Wildman–Crippen LogP) is 6.19. The number of carbonyl (C=O) groups excluding carboxylic acids is 1. The van der Waals surface area contributed by atoms with Crippen LogP contribution in [0.15, 0.2) is 72.8 Å². The van der Waals surface area contributed by atoms with Gasteiger partial charge in [-0.25, -0.2) is 0 Å². The third kappa shape index (κ3) is 3.87. The summed E-state index contributed by atoms with van der Waals surface area (Å²) in [6.07, 6.45) is 1.74. The van der Waals surface area contributed by atoms with Crippen LogP contribution < -0.4 is 5.32 Å². The van der Waals surface area contributed by atoms with Crippen LogP contribution in [0, 0.1) is 0 Å². The number of amides is 1. The Morgan fingerprint density at radius 3 is 2.33 bits per heavy atom. The van der Waals surface area contributed by atoms with Crippen LogP contribution >= 0.6 is 23.2 Å². The fourth-order valence-electron chi connectivity index (χ4n) is 3.85. The largest absolute Gasteiger partial charge is 0.345 e. The number of fused-ring (bicyclic) bond motifs is 1. The van der Waals surface area contributed by atoms with Gasteiger partial charge in [0.25, 0.3) is 5.91 Å². The Morgan fingerprint density at radius 1 is 0.889 bits per heavy atom. The van der Waals surface area contributed by atoms with Crippen molar-refractivity contribution in [3.8, 4) is 0 Å². The second-order valence-electron chi connectivity index (χ2n) is 6.91. The first-order valence-electron chi connectivity index (χ1n) is 9.00. The van der Waals surface area contributed by atoms with Crippen molar-refractivity contribution in [2.24, 2.45) is 0 Å². The molecule has 0 spiro atoms. The lowest BCUT2D eigenvalue weighted by Crippen LogP contribution is -2.27. The van der Waals surface area contributed by atoms with Crippen LogP contribution in [0.2, 0.25) is 10.0 Å². The first-order chi connectivity index (χ1) is 13.1. The average Bonchev–Trinajstić information content (AvgIpc) is 3.03. The van der Waals surface area contributed by atoms with Crippen molar-refractivity contribution in [3.05, 3.63) is 105 Å². The maximum absolute atomic E-state index is 12.6. The number of hydrogen-bond donors (Lipinski definition) is 1. The van der Waals surface area contributed by atoms with E-state index in [-0.39, 0.29) is 11.9 Å². The van der Waals surface area contributed by atoms with Gasteiger partial charge in [0, 0.05) is 5.56 Å². The molecule has 0 unspecified atom stereocenters. The van der Waals surface area contributed by atoms with E-state index in [4.69, 9.17) is 23.2 Å². The molecule has 1 amide bonds. The lowest BCUT2D eigenvalue weighted by molar-refractivity contribution is 0.0936. The molecule has 136 valence electrons. The third-order valence-corrected chi connectivity index (χ3v) is 5.88. The second-order valence-corrected chi connectivity index (χ2v) is 7.72. The van der Waals surface area contributed by atoms with Crippen LogP contribution in [0.5, 0.6) is 0 Å². The monoisotopic (exact) mass is 395 g/mol. The minimum Gasteiger partial charge on any atom is -0.345 e. The van der Waals surface area contributed by atoms with Crippen LogP contribution in [-0.2, 0) is 6.42 Å². The van der Waals surface area contributed by atoms with Crippen molar-refractivity contribution in [1.82, 2.24) is 5.32 Å². The summed E-state index contributed by atoms with van der Waals surface area (Å²) in [6.45, 7) is 0. The zero-order valence-electron chi connectivity index (χ0n) is 14.7. The number of nitrogens with one attached hydrogen (secondary N) is 1. The van der Waals surface area contributed by atoms with Gasteiger partial charge in [-0.1, -0.05) is 71.7 Å². The maximum atomic E-state index is 12.6. The SMILES string of the molecule is O=C(N[C@H]1C[C@@H](Cc2ccc(Cl)c(Cl)c2)c2ccccc21)c1ccccc1. The molecule has 0 fully saturated rings. The molecule has 1 aliphatic rings. The molecule has 27 heavy (non-hydrogen) atoms. The molecule has 3 aromatic rings. The Morgan fingerprint density at radius 2 is 1.59 bits per heavy atom. The van der Waals surface area contributed by atoms with Gasteiger partial charge in [-0.15, -0.1) is 0 Å². The van der Waals surface area contributed by atoms with E-state index in [0.29, 0.717) is 21.5 Å². The van der Waals surface area contributed by atoms with Crippen LogP contribution in [0.3, 0.4) is 0 Å². The van der Waals surface area contributed by atoms with Gasteiger partial charge in [-0.2, -0.15) is 0 Å². The fraction of sp³-hybridized carbons (Fsp3) is 0.174. The highest BCUT2D eigenvalue weighted by atomic mass is 35.5. The third-order valence-electron chi connectivity index (χ3n) is 5.14. The summed E-state index contributed by atoms with van der Waals surface area (Å²) in [5.74, 6) is 0.296. The molecular weight excluding hydrogens is 377 g/mol. The highest BCUT2D eigenvalue weighted by Gasteiger charge is 2.31. The summed E-state index contributed by atoms with van der Waals surface area (Å²) >= 11 is 12.2. The zero-order valence-corrected chi connectivity index (χ0v) is 16.2. The smallest absolute Gasteiger partial charge is 0.251 e. The highest BCUT2D eigenvalue weighted by molar-refractivity contribution is 6.42. The highest BCUT2D eigenvalue weighted by Crippen LogP contribution is 2.42. The minimum absolute atomic E-state index is 0.0154. The van der Waals surface area contributed by atoms with Gasteiger partial charge in [0.05, 0.1) is 16.1 Å². The molecule has 0 saturated carbocycles. The second kappa shape index (κ2) is 7.75. The fourth-order valence-corrected chi connectivity index (χ4v) is 4.17. The van der Waals surface area contributed by atoms with Gasteiger partial charge in [0.15, 0.2) is 0 Å². The predicted molar refractivity (Wildman–Crippen MR) is 111 cm³/mol. The molecule has 1 N–H and O–H groups in total. The van der Waals surface area contributed by atoms with E-state index < -0.39 is 0 Å². The zero-order chi connectivity index (χ0) is 18.8. The van der Waals surface area contributed by atoms with E-state index in [1.807, 2.05) is 54.6 Å². The summed E-state index contributed by atoms with van der Waals surface area (Å²) in [6, 6.07) is 23.5. The van der Waals surface area contributed by atoms with Gasteiger partial charge in [-0.3, -0.25) is 4.79 Å². The van der Waals surface area contributed by atoms with Crippen LogP contribution in [0.1, 0.15) is 45.4 Å². The van der Waals surface area contributed by atoms with E-state index >= 15 is 0 Å². The van der Waals surface area contributed by atoms with Gasteiger partial charge in [0.2, 0.25) is 0 Å². The van der Waals surface area contributed by atoms with Crippen molar-refractivity contribution >= 4 is 29.1 Å². The molecule has 1 aliphatic carbocycles. The van der Waals surface area contributed by atoms with Crippen molar-refractivity contribution < 1.29 is 4.79 Å². The lowest BCUT2D eigenvalue weighted by Gasteiger charge is -2.15. The maximum Gasteiger partial charge on any atom is 0.251 e. The van der Waals surface area contributed by atoms with Crippen molar-refractivity contribution in [1.29, 1.82) is 0 Å². The minimum atomic E-state index is -0.0365. The lowest BCUT2D eigenvalue weighted by atomic mass is 9.93.